The second kappa shape index (κ2) is 8.70. The van der Waals surface area contributed by atoms with E-state index in [0.717, 1.165) is 16.8 Å². The molecule has 4 nitrogen and oxygen atoms in total. The van der Waals surface area contributed by atoms with Crippen LogP contribution in [-0.2, 0) is 14.3 Å². The average molecular weight is 477 g/mol. The Bertz CT molecular complexity index is 1140. The van der Waals surface area contributed by atoms with Crippen LogP contribution in [0.15, 0.2) is 65.0 Å². The van der Waals surface area contributed by atoms with Crippen LogP contribution < -0.4 is 5.32 Å². The summed E-state index contributed by atoms with van der Waals surface area (Å²) in [6, 6.07) is 12.7. The second-order valence-electron chi connectivity index (χ2n) is 7.73. The van der Waals surface area contributed by atoms with Crippen LogP contribution in [0, 0.1) is 0 Å². The fraction of sp³-hybridized carbons (Fsp3) is 0.250. The summed E-state index contributed by atoms with van der Waals surface area (Å²) in [7, 11) is 1.33. The van der Waals surface area contributed by atoms with E-state index >= 15 is 0 Å². The Morgan fingerprint density at radius 2 is 1.68 bits per heavy atom. The number of allylic oxidation sites excluding steroid dienone is 3. The quantitative estimate of drug-likeness (QED) is 0.537. The first-order valence-electron chi connectivity index (χ1n) is 9.83. The molecule has 0 radical (unpaired) electrons. The van der Waals surface area contributed by atoms with Crippen LogP contribution in [0.1, 0.15) is 42.7 Å². The predicted octanol–water partition coefficient (Wildman–Crippen LogP) is 6.18. The lowest BCUT2D eigenvalue weighted by Gasteiger charge is -2.36. The molecule has 2 aliphatic rings. The van der Waals surface area contributed by atoms with Crippen molar-refractivity contribution in [2.24, 2.45) is 0 Å². The summed E-state index contributed by atoms with van der Waals surface area (Å²) in [5, 5.41) is 4.73. The summed E-state index contributed by atoms with van der Waals surface area (Å²) < 4.78 is 5.04. The minimum absolute atomic E-state index is 0.0151. The lowest BCUT2D eigenvalue weighted by molar-refractivity contribution is -0.136. The predicted molar refractivity (Wildman–Crippen MR) is 123 cm³/mol. The second-order valence-corrected chi connectivity index (χ2v) is 8.98. The number of carbonyl (C=O) groups is 2. The molecule has 0 fully saturated rings. The van der Waals surface area contributed by atoms with Crippen molar-refractivity contribution in [2.75, 3.05) is 7.11 Å². The van der Waals surface area contributed by atoms with Gasteiger partial charge in [-0.2, -0.15) is 0 Å². The van der Waals surface area contributed by atoms with Crippen LogP contribution in [0.3, 0.4) is 0 Å². The number of esters is 1. The third kappa shape index (κ3) is 4.12. The van der Waals surface area contributed by atoms with E-state index in [4.69, 9.17) is 39.5 Å². The molecule has 1 heterocycles. The van der Waals surface area contributed by atoms with E-state index in [1.165, 1.54) is 7.11 Å². The molecule has 1 aliphatic carbocycles. The Hall–Kier alpha value is -2.27. The number of Topliss-reactive ketones (excluding diaryl/α,β-unsaturated/α-hetero) is 1. The van der Waals surface area contributed by atoms with E-state index in [-0.39, 0.29) is 11.7 Å². The number of benzene rings is 2. The Labute approximate surface area is 195 Å². The maximum absolute atomic E-state index is 13.4. The summed E-state index contributed by atoms with van der Waals surface area (Å²) in [5.41, 5.74) is 4.23. The normalized spacial score (nSPS) is 21.0. The summed E-state index contributed by atoms with van der Waals surface area (Å²) in [5.74, 6) is -1.05. The molecule has 4 rings (SSSR count). The molecule has 2 aromatic carbocycles. The molecule has 1 aliphatic heterocycles. The average Bonchev–Trinajstić information content (AvgIpc) is 2.74. The molecular formula is C24H20Cl3NO3. The van der Waals surface area contributed by atoms with Gasteiger partial charge < -0.3 is 10.1 Å². The zero-order chi connectivity index (χ0) is 22.3. The van der Waals surface area contributed by atoms with Gasteiger partial charge in [-0.15, -0.1) is 0 Å². The number of halogens is 3. The van der Waals surface area contributed by atoms with Crippen molar-refractivity contribution in [3.8, 4) is 0 Å². The van der Waals surface area contributed by atoms with Crippen molar-refractivity contribution in [1.29, 1.82) is 0 Å². The van der Waals surface area contributed by atoms with E-state index < -0.39 is 11.9 Å². The smallest absolute Gasteiger partial charge is 0.336 e. The molecule has 0 amide bonds. The molecule has 2 aromatic rings. The molecule has 1 N–H and O–H groups in total. The zero-order valence-electron chi connectivity index (χ0n) is 17.0. The van der Waals surface area contributed by atoms with Gasteiger partial charge in [0.25, 0.3) is 0 Å². The number of rotatable bonds is 3. The van der Waals surface area contributed by atoms with Gasteiger partial charge in [0.1, 0.15) is 0 Å². The van der Waals surface area contributed by atoms with Crippen LogP contribution in [0.4, 0.5) is 0 Å². The van der Waals surface area contributed by atoms with Gasteiger partial charge in [0.15, 0.2) is 5.78 Å². The lowest BCUT2D eigenvalue weighted by atomic mass is 9.72. The van der Waals surface area contributed by atoms with E-state index in [1.807, 2.05) is 31.2 Å². The first-order chi connectivity index (χ1) is 14.8. The number of dihydropyridines is 1. The van der Waals surface area contributed by atoms with Gasteiger partial charge in [-0.1, -0.05) is 53.0 Å². The van der Waals surface area contributed by atoms with Gasteiger partial charge in [-0.3, -0.25) is 4.79 Å². The molecule has 7 heteroatoms. The standard InChI is InChI=1S/C24H20Cl3NO3/c1-12-21(24(30)31-2)22(14-5-8-17(26)18(27)9-14)23-19(28-12)10-15(11-20(23)29)13-3-6-16(25)7-4-13/h3-9,15,22,28H,10-11H2,1-2H3/t15-,22-/m0/s1. The first-order valence-corrected chi connectivity index (χ1v) is 11.0. The van der Waals surface area contributed by atoms with Crippen molar-refractivity contribution in [3.05, 3.63) is 91.2 Å². The van der Waals surface area contributed by atoms with Crippen molar-refractivity contribution >= 4 is 46.6 Å². The SMILES string of the molecule is COC(=O)C1=C(C)NC2=C(C(=O)C[C@@H](c3ccc(Cl)cc3)C2)[C@H]1c1ccc(Cl)c(Cl)c1. The maximum atomic E-state index is 13.4. The molecular weight excluding hydrogens is 457 g/mol. The monoisotopic (exact) mass is 475 g/mol. The summed E-state index contributed by atoms with van der Waals surface area (Å²) in [4.78, 5) is 26.1. The fourth-order valence-corrected chi connectivity index (χ4v) is 4.85. The topological polar surface area (TPSA) is 55.4 Å². The van der Waals surface area contributed by atoms with E-state index in [2.05, 4.69) is 5.32 Å². The summed E-state index contributed by atoms with van der Waals surface area (Å²) >= 11 is 18.4. The molecule has 2 atom stereocenters. The van der Waals surface area contributed by atoms with Crippen LogP contribution >= 0.6 is 34.8 Å². The number of hydrogen-bond donors (Lipinski definition) is 1. The van der Waals surface area contributed by atoms with Crippen LogP contribution in [0.5, 0.6) is 0 Å². The molecule has 0 saturated heterocycles. The number of carbonyl (C=O) groups excluding carboxylic acids is 2. The maximum Gasteiger partial charge on any atom is 0.336 e. The molecule has 160 valence electrons. The minimum atomic E-state index is -0.572. The Morgan fingerprint density at radius 3 is 2.32 bits per heavy atom. The molecule has 0 bridgehead atoms. The number of nitrogens with one attached hydrogen (secondary N) is 1. The number of hydrogen-bond acceptors (Lipinski definition) is 4. The zero-order valence-corrected chi connectivity index (χ0v) is 19.2. The van der Waals surface area contributed by atoms with Gasteiger partial charge in [-0.25, -0.2) is 4.79 Å². The largest absolute Gasteiger partial charge is 0.466 e. The van der Waals surface area contributed by atoms with Crippen molar-refractivity contribution in [2.45, 2.75) is 31.6 Å². The summed E-state index contributed by atoms with van der Waals surface area (Å²) in [6.07, 6.45) is 0.986. The van der Waals surface area contributed by atoms with Gasteiger partial charge >= 0.3 is 5.97 Å². The molecule has 0 aromatic heterocycles. The Kier molecular flexibility index (Phi) is 6.16. The van der Waals surface area contributed by atoms with Crippen LogP contribution in [0.2, 0.25) is 15.1 Å². The Morgan fingerprint density at radius 1 is 1.00 bits per heavy atom. The van der Waals surface area contributed by atoms with Crippen molar-refractivity contribution < 1.29 is 14.3 Å². The highest BCUT2D eigenvalue weighted by molar-refractivity contribution is 6.42. The highest BCUT2D eigenvalue weighted by Crippen LogP contribution is 2.46. The third-order valence-electron chi connectivity index (χ3n) is 5.85. The molecule has 0 unspecified atom stereocenters. The third-order valence-corrected chi connectivity index (χ3v) is 6.84. The van der Waals surface area contributed by atoms with Crippen LogP contribution in [0.25, 0.3) is 0 Å². The van der Waals surface area contributed by atoms with Gasteiger partial charge in [-0.05, 0) is 54.7 Å². The first kappa shape index (κ1) is 21.9. The highest BCUT2D eigenvalue weighted by Gasteiger charge is 2.41. The number of methoxy groups -OCH3 is 1. The van der Waals surface area contributed by atoms with E-state index in [1.54, 1.807) is 18.2 Å². The Balaban J connectivity index is 1.81. The minimum Gasteiger partial charge on any atom is -0.466 e. The van der Waals surface area contributed by atoms with Gasteiger partial charge in [0.2, 0.25) is 0 Å². The fourth-order valence-electron chi connectivity index (χ4n) is 4.42. The molecule has 31 heavy (non-hydrogen) atoms. The van der Waals surface area contributed by atoms with Crippen LogP contribution in [-0.4, -0.2) is 18.9 Å². The van der Waals surface area contributed by atoms with E-state index in [0.29, 0.717) is 44.8 Å². The number of ether oxygens (including phenoxy) is 1. The molecule has 0 spiro atoms. The van der Waals surface area contributed by atoms with Gasteiger partial charge in [0.05, 0.1) is 22.7 Å². The van der Waals surface area contributed by atoms with Crippen molar-refractivity contribution in [1.82, 2.24) is 5.32 Å². The van der Waals surface area contributed by atoms with E-state index in [9.17, 15) is 9.59 Å². The number of ketones is 1. The van der Waals surface area contributed by atoms with Crippen molar-refractivity contribution in [3.63, 3.8) is 0 Å². The molecule has 0 saturated carbocycles. The highest BCUT2D eigenvalue weighted by atomic mass is 35.5. The summed E-state index contributed by atoms with van der Waals surface area (Å²) in [6.45, 7) is 1.82. The lowest BCUT2D eigenvalue weighted by Crippen LogP contribution is -2.36. The van der Waals surface area contributed by atoms with Gasteiger partial charge in [0, 0.05) is 34.3 Å².